The Kier molecular flexibility index (Phi) is 15.6. The van der Waals surface area contributed by atoms with Crippen molar-refractivity contribution in [3.63, 3.8) is 0 Å². The maximum atomic E-state index is 15.3. The number of carbonyl (C=O) groups excluding carboxylic acids is 1. The van der Waals surface area contributed by atoms with Gasteiger partial charge in [-0.2, -0.15) is 26.3 Å². The van der Waals surface area contributed by atoms with Crippen molar-refractivity contribution >= 4 is 28.4 Å². The Balaban J connectivity index is 1.02. The molecule has 10 rings (SSSR count). The highest BCUT2D eigenvalue weighted by molar-refractivity contribution is 6.11. The van der Waals surface area contributed by atoms with Crippen LogP contribution >= 0.6 is 0 Å². The normalized spacial score (nSPS) is 14.4. The number of benzene rings is 8. The number of fused-ring (bicyclic) bond motifs is 8. The largest absolute Gasteiger partial charge is 0.497 e. The van der Waals surface area contributed by atoms with Crippen LogP contribution in [-0.2, 0) is 29.8 Å². The summed E-state index contributed by atoms with van der Waals surface area (Å²) < 4.78 is 115. The number of carbonyl (C=O) groups is 1. The summed E-state index contributed by atoms with van der Waals surface area (Å²) in [6, 6.07) is 42.3. The molecule has 1 aliphatic carbocycles. The number of rotatable bonds is 18. The summed E-state index contributed by atoms with van der Waals surface area (Å²) in [6.07, 6.45) is 3.25. The molecule has 6 nitrogen and oxygen atoms in total. The smallest absolute Gasteiger partial charge is 0.416 e. The highest BCUT2D eigenvalue weighted by atomic mass is 19.4. The molecule has 0 aromatic heterocycles. The lowest BCUT2D eigenvalue weighted by Crippen LogP contribution is -2.35. The number of anilines is 1. The van der Waals surface area contributed by atoms with E-state index in [9.17, 15) is 18.0 Å². The van der Waals surface area contributed by atoms with Gasteiger partial charge in [0, 0.05) is 44.3 Å². The van der Waals surface area contributed by atoms with Crippen molar-refractivity contribution in [2.75, 3.05) is 26.6 Å². The molecule has 2 aliphatic rings. The van der Waals surface area contributed by atoms with E-state index in [1.54, 1.807) is 107 Å². The number of nitrogens with one attached hydrogen (secondary N) is 1. The summed E-state index contributed by atoms with van der Waals surface area (Å²) >= 11 is 0. The Morgan fingerprint density at radius 1 is 0.605 bits per heavy atom. The quantitative estimate of drug-likeness (QED) is 0.0685. The maximum absolute atomic E-state index is 15.3. The summed E-state index contributed by atoms with van der Waals surface area (Å²) in [6.45, 7) is 7.73. The van der Waals surface area contributed by atoms with Crippen LogP contribution in [0, 0.1) is 5.92 Å². The molecule has 0 saturated carbocycles. The van der Waals surface area contributed by atoms with Gasteiger partial charge in [-0.05, 0) is 148 Å². The number of amides is 1. The van der Waals surface area contributed by atoms with Crippen LogP contribution < -0.4 is 24.3 Å². The van der Waals surface area contributed by atoms with Gasteiger partial charge in [-0.25, -0.2) is 0 Å². The summed E-state index contributed by atoms with van der Waals surface area (Å²) in [7, 11) is 4.60. The number of halogens is 6. The molecule has 0 radical (unpaired) electrons. The molecule has 8 aromatic rings. The van der Waals surface area contributed by atoms with Gasteiger partial charge in [-0.3, -0.25) is 4.79 Å². The fourth-order valence-corrected chi connectivity index (χ4v) is 12.2. The lowest BCUT2D eigenvalue weighted by atomic mass is 9.75. The predicted molar refractivity (Wildman–Crippen MR) is 311 cm³/mol. The lowest BCUT2D eigenvalue weighted by molar-refractivity contribution is -0.143. The monoisotopic (exact) mass is 1100 g/mol. The summed E-state index contributed by atoms with van der Waals surface area (Å²) in [5.41, 5.74) is 1.74. The van der Waals surface area contributed by atoms with Gasteiger partial charge in [0.2, 0.25) is 0 Å². The molecule has 1 amide bonds. The van der Waals surface area contributed by atoms with Gasteiger partial charge in [0.25, 0.3) is 5.91 Å². The third-order valence-electron chi connectivity index (χ3n) is 16.3. The van der Waals surface area contributed by atoms with E-state index < -0.39 is 34.5 Å². The van der Waals surface area contributed by atoms with Crippen molar-refractivity contribution in [3.05, 3.63) is 202 Å². The molecule has 418 valence electrons. The first-order valence-corrected chi connectivity index (χ1v) is 27.7. The van der Waals surface area contributed by atoms with E-state index in [0.717, 1.165) is 29.5 Å². The van der Waals surface area contributed by atoms with Crippen LogP contribution in [0.3, 0.4) is 0 Å². The molecular weight excluding hydrogens is 1040 g/mol. The van der Waals surface area contributed by atoms with Crippen LogP contribution in [0.2, 0.25) is 0 Å². The average molecular weight is 1100 g/mol. The third kappa shape index (κ3) is 10.9. The third-order valence-corrected chi connectivity index (χ3v) is 16.3. The Morgan fingerprint density at radius 2 is 1.21 bits per heavy atom. The van der Waals surface area contributed by atoms with Gasteiger partial charge in [-0.1, -0.05) is 145 Å². The first kappa shape index (κ1) is 56.3. The molecule has 1 N–H and O–H groups in total. The zero-order chi connectivity index (χ0) is 57.4. The second-order valence-electron chi connectivity index (χ2n) is 21.8. The number of hydrogen-bond acceptors (Lipinski definition) is 5. The van der Waals surface area contributed by atoms with Crippen molar-refractivity contribution in [1.82, 2.24) is 0 Å². The molecule has 0 saturated heterocycles. The van der Waals surface area contributed by atoms with E-state index in [4.69, 9.17) is 18.9 Å². The average Bonchev–Trinajstić information content (AvgIpc) is 3.47. The summed E-state index contributed by atoms with van der Waals surface area (Å²) in [5.74, 6) is 2.27. The highest BCUT2D eigenvalue weighted by Gasteiger charge is 2.50. The van der Waals surface area contributed by atoms with Gasteiger partial charge in [0.05, 0.1) is 32.5 Å². The molecule has 81 heavy (non-hydrogen) atoms. The van der Waals surface area contributed by atoms with Crippen molar-refractivity contribution in [1.29, 1.82) is 0 Å². The molecule has 8 aromatic carbocycles. The van der Waals surface area contributed by atoms with Gasteiger partial charge in [0.1, 0.15) is 23.0 Å². The molecule has 1 heterocycles. The van der Waals surface area contributed by atoms with Crippen LogP contribution in [0.4, 0.5) is 32.0 Å². The first-order valence-electron chi connectivity index (χ1n) is 27.7. The van der Waals surface area contributed by atoms with Crippen LogP contribution in [0.15, 0.2) is 152 Å². The van der Waals surface area contributed by atoms with Crippen molar-refractivity contribution in [3.8, 4) is 56.4 Å². The lowest BCUT2D eigenvalue weighted by Gasteiger charge is -2.38. The molecule has 0 spiro atoms. The number of ether oxygens (including phenoxy) is 4. The minimum atomic E-state index is -5.14. The Hall–Kier alpha value is -7.99. The second-order valence-corrected chi connectivity index (χ2v) is 21.8. The molecule has 12 heteroatoms. The molecule has 1 aliphatic heterocycles. The van der Waals surface area contributed by atoms with E-state index in [1.807, 2.05) is 42.5 Å². The van der Waals surface area contributed by atoms with E-state index in [0.29, 0.717) is 72.7 Å². The number of alkyl halides is 6. The Bertz CT molecular complexity index is 3570. The first-order chi connectivity index (χ1) is 38.8. The summed E-state index contributed by atoms with van der Waals surface area (Å²) in [4.78, 5) is 13.7. The van der Waals surface area contributed by atoms with E-state index in [2.05, 4.69) is 43.4 Å². The van der Waals surface area contributed by atoms with Crippen molar-refractivity contribution in [2.24, 2.45) is 5.92 Å². The number of aryl methyl sites for hydroxylation is 1. The highest BCUT2D eigenvalue weighted by Crippen LogP contribution is 2.62. The summed E-state index contributed by atoms with van der Waals surface area (Å²) in [5, 5.41) is 3.73. The fraction of sp³-hybridized carbons (Fsp3) is 0.290. The molecule has 1 unspecified atom stereocenters. The fourth-order valence-electron chi connectivity index (χ4n) is 12.2. The van der Waals surface area contributed by atoms with Gasteiger partial charge < -0.3 is 24.3 Å². The zero-order valence-corrected chi connectivity index (χ0v) is 46.6. The maximum Gasteiger partial charge on any atom is 0.416 e. The molecule has 0 fully saturated rings. The second kappa shape index (κ2) is 22.5. The van der Waals surface area contributed by atoms with Crippen LogP contribution in [0.5, 0.6) is 23.0 Å². The van der Waals surface area contributed by atoms with Crippen LogP contribution in [-0.4, -0.2) is 27.2 Å². The number of unbranched alkanes of at least 4 members (excludes halogenated alkanes) is 2. The van der Waals surface area contributed by atoms with Gasteiger partial charge in [-0.15, -0.1) is 0 Å². The zero-order valence-electron chi connectivity index (χ0n) is 46.6. The standard InChI is InChI=1S/C69H65F6NO5/c1-8-10-11-13-42(12-9-2)14-15-43-16-18-44(19-17-43)45-20-22-47(23-21-45)65(77)76-51-30-24-46(25-31-51)55-40-56-57(41-60(55)80-7)64-54(63-61(56)58-38-50(68(70,71)72)39-59(69(73,74)75)62(58)66(63,3)4)36-37-67(81-64,48-26-32-52(78-5)33-27-48)49-28-34-53(79-6)35-29-49/h16-42H,8-15H2,1-7H3,(H,76,77). The van der Waals surface area contributed by atoms with Gasteiger partial charge >= 0.3 is 12.4 Å². The van der Waals surface area contributed by atoms with E-state index in [1.165, 1.54) is 57.6 Å². The number of hydrogen-bond donors (Lipinski definition) is 1. The Labute approximate surface area is 469 Å². The van der Waals surface area contributed by atoms with Crippen LogP contribution in [0.25, 0.3) is 50.2 Å². The van der Waals surface area contributed by atoms with Gasteiger partial charge in [0.15, 0.2) is 5.60 Å². The Morgan fingerprint density at radius 3 is 1.77 bits per heavy atom. The minimum Gasteiger partial charge on any atom is -0.497 e. The number of methoxy groups -OCH3 is 3. The van der Waals surface area contributed by atoms with Crippen molar-refractivity contribution in [2.45, 2.75) is 102 Å². The molecule has 0 bridgehead atoms. The topological polar surface area (TPSA) is 66.0 Å². The SMILES string of the molecule is CCCCCC(CCC)CCc1ccc(-c2ccc(C(=O)Nc3ccc(-c4cc5c6c(c7c(c5cc4OC)OC(c4ccc(OC)cc4)(c4ccc(OC)cc4)C=C7)C(C)(C)c4c-6cc(C(F)(F)F)cc4C(F)(F)F)cc3)cc2)cc1. The molecular formula is C69H65F6NO5. The van der Waals surface area contributed by atoms with Crippen LogP contribution in [0.1, 0.15) is 128 Å². The van der Waals surface area contributed by atoms with E-state index in [-0.39, 0.29) is 34.4 Å². The van der Waals surface area contributed by atoms with Crippen molar-refractivity contribution < 1.29 is 50.1 Å². The minimum absolute atomic E-state index is 0.181. The predicted octanol–water partition coefficient (Wildman–Crippen LogP) is 19.1. The van der Waals surface area contributed by atoms with E-state index >= 15 is 13.2 Å². The molecule has 1 atom stereocenters.